The van der Waals surface area contributed by atoms with Crippen molar-refractivity contribution in [2.45, 2.75) is 71.3 Å². The molecule has 0 aromatic heterocycles. The van der Waals surface area contributed by atoms with Crippen molar-refractivity contribution in [1.29, 1.82) is 0 Å². The van der Waals surface area contributed by atoms with Gasteiger partial charge in [-0.3, -0.25) is 0 Å². The number of likely N-dealkylation sites (tertiary alicyclic amines) is 1. The summed E-state index contributed by atoms with van der Waals surface area (Å²) in [5.74, 6) is 0.789. The standard InChI is InChI=1S/C18H25FN2.C9H11NO.C3H8/c19-18-6-2-5-17(13-18)16-7-10-21(11-8-16)12-9-20-14-15-3-1-4-15;11-9-2-1-7-3-4-10-6-8(7)5-9;1-3-2/h2,5-6,13-14,16,20H,1,3-4,7-12H2;1-2,5,10-11H,3-4,6H2;3H2,1-2H3. The molecule has 192 valence electrons. The smallest absolute Gasteiger partial charge is 0.123 e. The lowest BCUT2D eigenvalue weighted by Gasteiger charge is -2.32. The molecule has 2 heterocycles. The number of aromatic hydroxyl groups is 1. The molecule has 1 aliphatic carbocycles. The van der Waals surface area contributed by atoms with Crippen LogP contribution in [0.4, 0.5) is 4.39 Å². The highest BCUT2D eigenvalue weighted by Crippen LogP contribution is 2.28. The Morgan fingerprint density at radius 2 is 1.83 bits per heavy atom. The maximum absolute atomic E-state index is 13.3. The second-order valence-corrected chi connectivity index (χ2v) is 9.87. The van der Waals surface area contributed by atoms with Gasteiger partial charge in [-0.1, -0.05) is 44.0 Å². The van der Waals surface area contributed by atoms with Crippen LogP contribution in [0, 0.1) is 5.82 Å². The number of phenolic OH excluding ortho intramolecular Hbond substituents is 1. The number of benzene rings is 2. The van der Waals surface area contributed by atoms with Crippen LogP contribution in [0.15, 0.2) is 54.2 Å². The molecule has 0 atom stereocenters. The van der Waals surface area contributed by atoms with Crippen molar-refractivity contribution >= 4 is 0 Å². The van der Waals surface area contributed by atoms with Crippen LogP contribution in [-0.2, 0) is 13.0 Å². The summed E-state index contributed by atoms with van der Waals surface area (Å²) in [7, 11) is 0. The molecule has 2 aliphatic heterocycles. The normalized spacial score (nSPS) is 17.6. The van der Waals surface area contributed by atoms with E-state index in [0.717, 1.165) is 58.5 Å². The summed E-state index contributed by atoms with van der Waals surface area (Å²) in [5, 5.41) is 15.8. The number of allylic oxidation sites excluding steroid dienone is 1. The van der Waals surface area contributed by atoms with E-state index in [2.05, 4.69) is 41.6 Å². The number of hydrogen-bond donors (Lipinski definition) is 3. The second-order valence-electron chi connectivity index (χ2n) is 9.87. The third-order valence-corrected chi connectivity index (χ3v) is 6.86. The van der Waals surface area contributed by atoms with E-state index in [1.807, 2.05) is 18.2 Å². The van der Waals surface area contributed by atoms with Gasteiger partial charge in [0.05, 0.1) is 0 Å². The molecule has 35 heavy (non-hydrogen) atoms. The summed E-state index contributed by atoms with van der Waals surface area (Å²) in [6.45, 7) is 10.6. The first-order valence-electron chi connectivity index (χ1n) is 13.5. The Morgan fingerprint density at radius 1 is 1.06 bits per heavy atom. The molecular formula is C30H44FN3O. The van der Waals surface area contributed by atoms with Crippen molar-refractivity contribution in [2.75, 3.05) is 32.7 Å². The molecule has 0 bridgehead atoms. The number of hydrogen-bond acceptors (Lipinski definition) is 4. The molecular weight excluding hydrogens is 437 g/mol. The number of rotatable bonds is 5. The van der Waals surface area contributed by atoms with Crippen molar-refractivity contribution in [3.8, 4) is 5.75 Å². The van der Waals surface area contributed by atoms with E-state index in [1.54, 1.807) is 17.7 Å². The molecule has 2 aromatic rings. The first-order chi connectivity index (χ1) is 17.1. The number of nitrogens with one attached hydrogen (secondary N) is 2. The Hall–Kier alpha value is -2.37. The lowest BCUT2D eigenvalue weighted by Crippen LogP contribution is -2.37. The number of fused-ring (bicyclic) bond motifs is 1. The largest absolute Gasteiger partial charge is 0.508 e. The maximum Gasteiger partial charge on any atom is 0.123 e. The SMILES string of the molecule is CCC.Fc1cccc(C2CCN(CCNC=C3CCC3)CC2)c1.Oc1ccc2c(c1)CNCC2. The molecule has 3 N–H and O–H groups in total. The summed E-state index contributed by atoms with van der Waals surface area (Å²) < 4.78 is 13.3. The third kappa shape index (κ3) is 9.30. The van der Waals surface area contributed by atoms with Crippen LogP contribution in [0.3, 0.4) is 0 Å². The Balaban J connectivity index is 0.000000204. The fourth-order valence-corrected chi connectivity index (χ4v) is 4.68. The molecule has 0 unspecified atom stereocenters. The van der Waals surface area contributed by atoms with Crippen LogP contribution in [0.1, 0.15) is 75.0 Å². The summed E-state index contributed by atoms with van der Waals surface area (Å²) in [4.78, 5) is 2.52. The van der Waals surface area contributed by atoms with E-state index < -0.39 is 0 Å². The van der Waals surface area contributed by atoms with E-state index >= 15 is 0 Å². The fraction of sp³-hybridized carbons (Fsp3) is 0.533. The summed E-state index contributed by atoms with van der Waals surface area (Å²) in [6, 6.07) is 12.7. The zero-order valence-corrected chi connectivity index (χ0v) is 21.7. The molecule has 0 spiro atoms. The first kappa shape index (κ1) is 27.2. The molecule has 5 heteroatoms. The van der Waals surface area contributed by atoms with Gasteiger partial charge >= 0.3 is 0 Å². The van der Waals surface area contributed by atoms with E-state index in [4.69, 9.17) is 5.11 Å². The molecule has 4 nitrogen and oxygen atoms in total. The fourth-order valence-electron chi connectivity index (χ4n) is 4.68. The van der Waals surface area contributed by atoms with E-state index in [1.165, 1.54) is 48.4 Å². The number of halogens is 1. The number of phenols is 1. The van der Waals surface area contributed by atoms with Crippen LogP contribution in [0.5, 0.6) is 5.75 Å². The lowest BCUT2D eigenvalue weighted by atomic mass is 9.89. The van der Waals surface area contributed by atoms with E-state index in [0.29, 0.717) is 11.7 Å². The van der Waals surface area contributed by atoms with Crippen molar-refractivity contribution in [3.63, 3.8) is 0 Å². The van der Waals surface area contributed by atoms with Gasteiger partial charge in [-0.25, -0.2) is 4.39 Å². The Kier molecular flexibility index (Phi) is 11.6. The van der Waals surface area contributed by atoms with Gasteiger partial charge in [0.15, 0.2) is 0 Å². The molecule has 3 aliphatic rings. The van der Waals surface area contributed by atoms with Crippen molar-refractivity contribution in [1.82, 2.24) is 15.5 Å². The molecule has 1 saturated heterocycles. The highest BCUT2D eigenvalue weighted by molar-refractivity contribution is 5.36. The Labute approximate surface area is 211 Å². The number of piperidine rings is 1. The molecule has 0 radical (unpaired) electrons. The molecule has 5 rings (SSSR count). The quantitative estimate of drug-likeness (QED) is 0.451. The van der Waals surface area contributed by atoms with E-state index in [-0.39, 0.29) is 5.82 Å². The minimum absolute atomic E-state index is 0.108. The summed E-state index contributed by atoms with van der Waals surface area (Å²) in [5.41, 5.74) is 5.33. The highest BCUT2D eigenvalue weighted by Gasteiger charge is 2.20. The lowest BCUT2D eigenvalue weighted by molar-refractivity contribution is 0.214. The maximum atomic E-state index is 13.3. The average Bonchev–Trinajstić information content (AvgIpc) is 2.84. The minimum Gasteiger partial charge on any atom is -0.508 e. The average molecular weight is 482 g/mol. The minimum atomic E-state index is -0.108. The molecule has 2 fully saturated rings. The zero-order valence-electron chi connectivity index (χ0n) is 21.7. The van der Waals surface area contributed by atoms with Crippen molar-refractivity contribution in [2.24, 2.45) is 0 Å². The van der Waals surface area contributed by atoms with Crippen molar-refractivity contribution in [3.05, 3.63) is 76.7 Å². The van der Waals surface area contributed by atoms with Gasteiger partial charge in [-0.2, -0.15) is 0 Å². The van der Waals surface area contributed by atoms with Crippen LogP contribution < -0.4 is 10.6 Å². The van der Waals surface area contributed by atoms with Gasteiger partial charge in [-0.15, -0.1) is 0 Å². The van der Waals surface area contributed by atoms with E-state index in [9.17, 15) is 4.39 Å². The monoisotopic (exact) mass is 481 g/mol. The molecule has 1 saturated carbocycles. The number of nitrogens with zero attached hydrogens (tertiary/aromatic N) is 1. The summed E-state index contributed by atoms with van der Waals surface area (Å²) in [6.07, 6.45) is 10.8. The van der Waals surface area contributed by atoms with Gasteiger partial charge in [0.1, 0.15) is 11.6 Å². The van der Waals surface area contributed by atoms with Gasteiger partial charge < -0.3 is 20.6 Å². The first-order valence-corrected chi connectivity index (χ1v) is 13.5. The van der Waals surface area contributed by atoms with Gasteiger partial charge in [0, 0.05) is 19.6 Å². The van der Waals surface area contributed by atoms with Crippen LogP contribution in [-0.4, -0.2) is 42.7 Å². The van der Waals surface area contributed by atoms with Crippen LogP contribution in [0.2, 0.25) is 0 Å². The zero-order chi connectivity index (χ0) is 24.9. The Morgan fingerprint density at radius 3 is 2.51 bits per heavy atom. The van der Waals surface area contributed by atoms with Crippen molar-refractivity contribution < 1.29 is 9.50 Å². The third-order valence-electron chi connectivity index (χ3n) is 6.86. The Bertz CT molecular complexity index is 916. The highest BCUT2D eigenvalue weighted by atomic mass is 19.1. The molecule has 0 amide bonds. The van der Waals surface area contributed by atoms with Gasteiger partial charge in [0.25, 0.3) is 0 Å². The van der Waals surface area contributed by atoms with Crippen LogP contribution in [0.25, 0.3) is 0 Å². The topological polar surface area (TPSA) is 47.5 Å². The van der Waals surface area contributed by atoms with Crippen LogP contribution >= 0.6 is 0 Å². The predicted molar refractivity (Wildman–Crippen MR) is 144 cm³/mol. The van der Waals surface area contributed by atoms with Gasteiger partial charge in [-0.05, 0) is 111 Å². The summed E-state index contributed by atoms with van der Waals surface area (Å²) >= 11 is 0. The predicted octanol–water partition coefficient (Wildman–Crippen LogP) is 6.12. The second kappa shape index (κ2) is 14.9. The van der Waals surface area contributed by atoms with Gasteiger partial charge in [0.2, 0.25) is 0 Å². The molecule has 2 aromatic carbocycles.